The molecular weight excluding hydrogens is 336 g/mol. The van der Waals surface area contributed by atoms with E-state index in [-0.39, 0.29) is 6.04 Å². The van der Waals surface area contributed by atoms with Gasteiger partial charge < -0.3 is 10.5 Å². The molecule has 0 fully saturated rings. The second-order valence-electron chi connectivity index (χ2n) is 6.26. The van der Waals surface area contributed by atoms with Crippen molar-refractivity contribution in [3.63, 3.8) is 0 Å². The van der Waals surface area contributed by atoms with Gasteiger partial charge in [-0.05, 0) is 43.7 Å². The van der Waals surface area contributed by atoms with Crippen molar-refractivity contribution < 1.29 is 9.53 Å². The van der Waals surface area contributed by atoms with Crippen LogP contribution in [0.15, 0.2) is 30.6 Å². The van der Waals surface area contributed by atoms with Crippen molar-refractivity contribution in [1.29, 1.82) is 0 Å². The SMILES string of the molecule is CC(C)n1ncnc1-c1cc2c(s1)-c1cc(C(N)=O)ccc1OCC2. The van der Waals surface area contributed by atoms with E-state index in [1.807, 2.05) is 16.8 Å². The van der Waals surface area contributed by atoms with E-state index in [0.717, 1.165) is 33.3 Å². The minimum absolute atomic E-state index is 0.233. The van der Waals surface area contributed by atoms with Crippen LogP contribution in [0.4, 0.5) is 0 Å². The Morgan fingerprint density at radius 2 is 2.20 bits per heavy atom. The molecule has 0 atom stereocenters. The lowest BCUT2D eigenvalue weighted by Gasteiger charge is -2.09. The third kappa shape index (κ3) is 2.70. The van der Waals surface area contributed by atoms with Crippen LogP contribution in [0, 0.1) is 0 Å². The summed E-state index contributed by atoms with van der Waals surface area (Å²) in [6.45, 7) is 4.76. The van der Waals surface area contributed by atoms with Gasteiger partial charge in [0, 0.05) is 28.5 Å². The van der Waals surface area contributed by atoms with Crippen LogP contribution in [0.2, 0.25) is 0 Å². The van der Waals surface area contributed by atoms with Crippen LogP contribution in [-0.4, -0.2) is 27.3 Å². The Bertz CT molecular complexity index is 958. The fraction of sp³-hybridized carbons (Fsp3) is 0.278. The summed E-state index contributed by atoms with van der Waals surface area (Å²) < 4.78 is 7.76. The molecule has 0 bridgehead atoms. The van der Waals surface area contributed by atoms with Gasteiger partial charge in [-0.25, -0.2) is 9.67 Å². The lowest BCUT2D eigenvalue weighted by molar-refractivity contribution is 0.100. The fourth-order valence-electron chi connectivity index (χ4n) is 3.01. The molecule has 0 saturated heterocycles. The van der Waals surface area contributed by atoms with Crippen molar-refractivity contribution in [2.45, 2.75) is 26.3 Å². The predicted molar refractivity (Wildman–Crippen MR) is 96.9 cm³/mol. The minimum Gasteiger partial charge on any atom is -0.493 e. The molecule has 1 amide bonds. The second kappa shape index (κ2) is 6.00. The number of nitrogens with two attached hydrogens (primary N) is 1. The van der Waals surface area contributed by atoms with E-state index >= 15 is 0 Å². The molecule has 3 heterocycles. The first-order chi connectivity index (χ1) is 12.0. The van der Waals surface area contributed by atoms with Crippen molar-refractivity contribution in [2.24, 2.45) is 5.73 Å². The largest absolute Gasteiger partial charge is 0.493 e. The van der Waals surface area contributed by atoms with Crippen LogP contribution in [0.1, 0.15) is 35.8 Å². The topological polar surface area (TPSA) is 83.0 Å². The molecule has 0 aliphatic carbocycles. The molecular formula is C18H18N4O2S. The van der Waals surface area contributed by atoms with Gasteiger partial charge in [0.1, 0.15) is 12.1 Å². The third-order valence-corrected chi connectivity index (χ3v) is 5.44. The Morgan fingerprint density at radius 1 is 1.36 bits per heavy atom. The molecule has 0 unspecified atom stereocenters. The van der Waals surface area contributed by atoms with Gasteiger partial charge in [0.05, 0.1) is 11.5 Å². The Balaban J connectivity index is 1.87. The van der Waals surface area contributed by atoms with Gasteiger partial charge >= 0.3 is 0 Å². The summed E-state index contributed by atoms with van der Waals surface area (Å²) in [7, 11) is 0. The molecule has 25 heavy (non-hydrogen) atoms. The number of hydrogen-bond donors (Lipinski definition) is 1. The lowest BCUT2D eigenvalue weighted by Crippen LogP contribution is -2.10. The van der Waals surface area contributed by atoms with Crippen LogP contribution in [0.3, 0.4) is 0 Å². The number of carbonyl (C=O) groups is 1. The first kappa shape index (κ1) is 15.8. The highest BCUT2D eigenvalue weighted by Gasteiger charge is 2.22. The van der Waals surface area contributed by atoms with Gasteiger partial charge in [-0.2, -0.15) is 5.10 Å². The van der Waals surface area contributed by atoms with Gasteiger partial charge in [0.15, 0.2) is 5.82 Å². The number of thiophene rings is 1. The van der Waals surface area contributed by atoms with Gasteiger partial charge in [-0.1, -0.05) is 0 Å². The van der Waals surface area contributed by atoms with E-state index in [4.69, 9.17) is 10.5 Å². The maximum absolute atomic E-state index is 11.6. The predicted octanol–water partition coefficient (Wildman–Crippen LogP) is 3.29. The van der Waals surface area contributed by atoms with Crippen molar-refractivity contribution in [3.05, 3.63) is 41.7 Å². The first-order valence-electron chi connectivity index (χ1n) is 8.14. The number of benzene rings is 1. The zero-order valence-electron chi connectivity index (χ0n) is 14.0. The highest BCUT2D eigenvalue weighted by atomic mass is 32.1. The molecule has 0 spiro atoms. The first-order valence-corrected chi connectivity index (χ1v) is 8.96. The monoisotopic (exact) mass is 354 g/mol. The molecule has 1 aliphatic heterocycles. The molecule has 3 aromatic rings. The molecule has 0 radical (unpaired) electrons. The molecule has 0 saturated carbocycles. The van der Waals surface area contributed by atoms with Crippen molar-refractivity contribution >= 4 is 17.2 Å². The quantitative estimate of drug-likeness (QED) is 0.782. The van der Waals surface area contributed by atoms with Gasteiger partial charge in [-0.3, -0.25) is 4.79 Å². The van der Waals surface area contributed by atoms with E-state index in [2.05, 4.69) is 30.0 Å². The molecule has 128 valence electrons. The standard InChI is InChI=1S/C18H18N4O2S/c1-10(2)22-18(20-9-21-22)15-8-11-5-6-24-14-4-3-12(17(19)23)7-13(14)16(11)25-15/h3-4,7-10H,5-6H2,1-2H3,(H2,19,23). The Labute approximate surface area is 149 Å². The summed E-state index contributed by atoms with van der Waals surface area (Å²) in [6, 6.07) is 7.72. The average Bonchev–Trinajstić information content (AvgIpc) is 3.18. The molecule has 4 rings (SSSR count). The summed E-state index contributed by atoms with van der Waals surface area (Å²) in [6.07, 6.45) is 2.39. The molecule has 7 heteroatoms. The van der Waals surface area contributed by atoms with Gasteiger partial charge in [-0.15, -0.1) is 11.3 Å². The van der Waals surface area contributed by atoms with Crippen molar-refractivity contribution in [2.75, 3.05) is 6.61 Å². The van der Waals surface area contributed by atoms with Crippen LogP contribution in [0.25, 0.3) is 21.1 Å². The van der Waals surface area contributed by atoms with Crippen LogP contribution < -0.4 is 10.5 Å². The zero-order chi connectivity index (χ0) is 17.6. The molecule has 6 nitrogen and oxygen atoms in total. The van der Waals surface area contributed by atoms with E-state index in [1.165, 1.54) is 5.56 Å². The summed E-state index contributed by atoms with van der Waals surface area (Å²) >= 11 is 1.65. The molecule has 2 aromatic heterocycles. The number of fused-ring (bicyclic) bond motifs is 3. The maximum atomic E-state index is 11.6. The van der Waals surface area contributed by atoms with Crippen LogP contribution in [0.5, 0.6) is 5.75 Å². The van der Waals surface area contributed by atoms with Gasteiger partial charge in [0.2, 0.25) is 5.91 Å². The van der Waals surface area contributed by atoms with Crippen LogP contribution in [-0.2, 0) is 6.42 Å². The van der Waals surface area contributed by atoms with Crippen LogP contribution >= 0.6 is 11.3 Å². The minimum atomic E-state index is -0.440. The number of aromatic nitrogens is 3. The zero-order valence-corrected chi connectivity index (χ0v) is 14.8. The summed E-state index contributed by atoms with van der Waals surface area (Å²) in [5.41, 5.74) is 8.03. The summed E-state index contributed by atoms with van der Waals surface area (Å²) in [5, 5.41) is 4.32. The van der Waals surface area contributed by atoms with E-state index in [0.29, 0.717) is 12.2 Å². The fourth-order valence-corrected chi connectivity index (χ4v) is 4.23. The lowest BCUT2D eigenvalue weighted by atomic mass is 10.0. The van der Waals surface area contributed by atoms with Gasteiger partial charge in [0.25, 0.3) is 0 Å². The number of rotatable bonds is 3. The third-order valence-electron chi connectivity index (χ3n) is 4.23. The molecule has 2 N–H and O–H groups in total. The van der Waals surface area contributed by atoms with E-state index < -0.39 is 5.91 Å². The highest BCUT2D eigenvalue weighted by molar-refractivity contribution is 7.19. The second-order valence-corrected chi connectivity index (χ2v) is 7.31. The summed E-state index contributed by atoms with van der Waals surface area (Å²) in [5.74, 6) is 1.20. The average molecular weight is 354 g/mol. The number of nitrogens with zero attached hydrogens (tertiary/aromatic N) is 3. The number of primary amides is 1. The highest BCUT2D eigenvalue weighted by Crippen LogP contribution is 2.43. The smallest absolute Gasteiger partial charge is 0.248 e. The Kier molecular flexibility index (Phi) is 3.80. The number of hydrogen-bond acceptors (Lipinski definition) is 5. The number of ether oxygens (including phenoxy) is 1. The molecule has 1 aromatic carbocycles. The van der Waals surface area contributed by atoms with Crippen molar-refractivity contribution in [1.82, 2.24) is 14.8 Å². The van der Waals surface area contributed by atoms with E-state index in [9.17, 15) is 4.79 Å². The van der Waals surface area contributed by atoms with E-state index in [1.54, 1.807) is 23.7 Å². The summed E-state index contributed by atoms with van der Waals surface area (Å²) in [4.78, 5) is 18.2. The Hall–Kier alpha value is -2.67. The van der Waals surface area contributed by atoms with Crippen molar-refractivity contribution in [3.8, 4) is 26.9 Å². The number of carbonyl (C=O) groups excluding carboxylic acids is 1. The molecule has 1 aliphatic rings. The maximum Gasteiger partial charge on any atom is 0.248 e. The number of amides is 1. The Morgan fingerprint density at radius 3 is 2.96 bits per heavy atom. The normalized spacial score (nSPS) is 13.1.